The minimum absolute atomic E-state index is 0.0339. The number of nitrogens with zero attached hydrogens (tertiary/aromatic N) is 2. The fraction of sp³-hybridized carbons (Fsp3) is 0.176. The summed E-state index contributed by atoms with van der Waals surface area (Å²) in [7, 11) is 0. The molecule has 7 nitrogen and oxygen atoms in total. The third-order valence-electron chi connectivity index (χ3n) is 3.23. The van der Waals surface area contributed by atoms with Gasteiger partial charge in [-0.3, -0.25) is 14.9 Å². The van der Waals surface area contributed by atoms with Crippen LogP contribution in [0.2, 0.25) is 0 Å². The molecule has 124 valence electrons. The van der Waals surface area contributed by atoms with Crippen molar-refractivity contribution in [2.75, 3.05) is 6.61 Å². The number of hydrogen-bond donors (Lipinski definition) is 1. The van der Waals surface area contributed by atoms with Gasteiger partial charge < -0.3 is 10.2 Å². The van der Waals surface area contributed by atoms with Crippen LogP contribution in [0.1, 0.15) is 24.1 Å². The predicted molar refractivity (Wildman–Crippen MR) is 89.6 cm³/mol. The molecule has 0 saturated heterocycles. The number of nitro benzene ring substituents is 1. The first-order valence-corrected chi connectivity index (χ1v) is 7.30. The highest BCUT2D eigenvalue weighted by Gasteiger charge is 2.09. The van der Waals surface area contributed by atoms with Crippen molar-refractivity contribution in [3.8, 4) is 0 Å². The largest absolute Gasteiger partial charge is 0.386 e. The van der Waals surface area contributed by atoms with E-state index in [2.05, 4.69) is 10.5 Å². The minimum Gasteiger partial charge on any atom is -0.386 e. The summed E-state index contributed by atoms with van der Waals surface area (Å²) in [5.41, 5.74) is 1.47. The Morgan fingerprint density at radius 2 is 2.04 bits per heavy atom. The van der Waals surface area contributed by atoms with Gasteiger partial charge in [0.25, 0.3) is 11.6 Å². The number of rotatable bonds is 7. The van der Waals surface area contributed by atoms with Crippen molar-refractivity contribution >= 4 is 17.8 Å². The van der Waals surface area contributed by atoms with Crippen LogP contribution in [0.5, 0.6) is 0 Å². The molecule has 0 radical (unpaired) electrons. The normalized spacial score (nSPS) is 11.9. The molecule has 0 aliphatic carbocycles. The van der Waals surface area contributed by atoms with Crippen molar-refractivity contribution in [3.05, 3.63) is 75.8 Å². The van der Waals surface area contributed by atoms with Crippen LogP contribution in [0.4, 0.5) is 5.69 Å². The molecular weight excluding hydrogens is 310 g/mol. The summed E-state index contributed by atoms with van der Waals surface area (Å²) in [4.78, 5) is 26.9. The monoisotopic (exact) mass is 327 g/mol. The van der Waals surface area contributed by atoms with Crippen molar-refractivity contribution < 1.29 is 14.6 Å². The second-order valence-electron chi connectivity index (χ2n) is 5.06. The molecule has 0 aliphatic heterocycles. The smallest absolute Gasteiger partial charge is 0.270 e. The average Bonchev–Trinajstić information content (AvgIpc) is 2.59. The van der Waals surface area contributed by atoms with Gasteiger partial charge in [-0.1, -0.05) is 47.6 Å². The van der Waals surface area contributed by atoms with Crippen LogP contribution in [0, 0.1) is 10.1 Å². The van der Waals surface area contributed by atoms with Gasteiger partial charge in [0.15, 0.2) is 6.61 Å². The zero-order chi connectivity index (χ0) is 17.4. The number of hydrogen-bond acceptors (Lipinski definition) is 5. The summed E-state index contributed by atoms with van der Waals surface area (Å²) in [5, 5.41) is 17.1. The summed E-state index contributed by atoms with van der Waals surface area (Å²) in [5.74, 6) is -0.303. The first-order chi connectivity index (χ1) is 11.6. The van der Waals surface area contributed by atoms with Crippen LogP contribution in [0.3, 0.4) is 0 Å². The maximum atomic E-state index is 11.8. The van der Waals surface area contributed by atoms with Crippen LogP contribution in [-0.4, -0.2) is 23.7 Å². The van der Waals surface area contributed by atoms with Gasteiger partial charge in [0.05, 0.1) is 17.2 Å². The van der Waals surface area contributed by atoms with E-state index in [9.17, 15) is 14.9 Å². The Hall–Kier alpha value is -3.22. The van der Waals surface area contributed by atoms with Gasteiger partial charge >= 0.3 is 0 Å². The average molecular weight is 327 g/mol. The second-order valence-corrected chi connectivity index (χ2v) is 5.06. The van der Waals surface area contributed by atoms with Gasteiger partial charge in [-0.25, -0.2) is 0 Å². The molecule has 0 aromatic heterocycles. The van der Waals surface area contributed by atoms with Crippen molar-refractivity contribution in [1.82, 2.24) is 5.32 Å². The molecule has 1 N–H and O–H groups in total. The third-order valence-corrected chi connectivity index (χ3v) is 3.23. The fourth-order valence-corrected chi connectivity index (χ4v) is 2.02. The lowest BCUT2D eigenvalue weighted by atomic mass is 10.1. The number of oxime groups is 1. The van der Waals surface area contributed by atoms with Crippen LogP contribution in [0.25, 0.3) is 0 Å². The molecule has 2 aromatic rings. The molecule has 0 fully saturated rings. The van der Waals surface area contributed by atoms with Gasteiger partial charge in [-0.2, -0.15) is 0 Å². The lowest BCUT2D eigenvalue weighted by molar-refractivity contribution is -0.384. The minimum atomic E-state index is -0.489. The van der Waals surface area contributed by atoms with Crippen molar-refractivity contribution in [3.63, 3.8) is 0 Å². The molecule has 24 heavy (non-hydrogen) atoms. The van der Waals surface area contributed by atoms with E-state index in [4.69, 9.17) is 4.84 Å². The SMILES string of the molecule is C[C@@H](NC(=O)CO/N=C\c1cccc([N+](=O)[O-])c1)c1ccccc1. The third kappa shape index (κ3) is 5.20. The van der Waals surface area contributed by atoms with E-state index in [-0.39, 0.29) is 24.2 Å². The fourth-order valence-electron chi connectivity index (χ4n) is 2.02. The molecule has 0 aliphatic rings. The number of carbonyl (C=O) groups is 1. The molecule has 0 unspecified atom stereocenters. The highest BCUT2D eigenvalue weighted by atomic mass is 16.6. The molecule has 7 heteroatoms. The number of nitrogens with one attached hydrogen (secondary N) is 1. The quantitative estimate of drug-likeness (QED) is 0.480. The summed E-state index contributed by atoms with van der Waals surface area (Å²) >= 11 is 0. The van der Waals surface area contributed by atoms with Crippen molar-refractivity contribution in [1.29, 1.82) is 0 Å². The van der Waals surface area contributed by atoms with Crippen molar-refractivity contribution in [2.45, 2.75) is 13.0 Å². The number of benzene rings is 2. The highest BCUT2D eigenvalue weighted by molar-refractivity contribution is 5.80. The van der Waals surface area contributed by atoms with Gasteiger partial charge in [0, 0.05) is 17.7 Å². The Kier molecular flexibility index (Phi) is 6.01. The van der Waals surface area contributed by atoms with Crippen LogP contribution in [-0.2, 0) is 9.63 Å². The number of carbonyl (C=O) groups excluding carboxylic acids is 1. The van der Waals surface area contributed by atoms with E-state index in [0.29, 0.717) is 5.56 Å². The highest BCUT2D eigenvalue weighted by Crippen LogP contribution is 2.12. The number of nitro groups is 1. The molecule has 0 saturated carbocycles. The molecular formula is C17H17N3O4. The Balaban J connectivity index is 1.80. The molecule has 1 amide bonds. The number of amides is 1. The molecule has 1 atom stereocenters. The Bertz CT molecular complexity index is 732. The summed E-state index contributed by atoms with van der Waals surface area (Å²) in [6, 6.07) is 15.4. The van der Waals surface area contributed by atoms with E-state index in [1.807, 2.05) is 37.3 Å². The zero-order valence-corrected chi connectivity index (χ0v) is 13.1. The van der Waals surface area contributed by atoms with Gasteiger partial charge in [0.1, 0.15) is 0 Å². The van der Waals surface area contributed by atoms with Gasteiger partial charge in [-0.15, -0.1) is 0 Å². The Labute approximate surface area is 139 Å². The molecule has 0 bridgehead atoms. The number of non-ortho nitro benzene ring substituents is 1. The summed E-state index contributed by atoms with van der Waals surface area (Å²) < 4.78 is 0. The maximum Gasteiger partial charge on any atom is 0.270 e. The van der Waals surface area contributed by atoms with E-state index in [1.165, 1.54) is 18.3 Å². The topological polar surface area (TPSA) is 93.8 Å². The molecule has 2 aromatic carbocycles. The van der Waals surface area contributed by atoms with Gasteiger partial charge in [-0.05, 0) is 12.5 Å². The van der Waals surface area contributed by atoms with Gasteiger partial charge in [0.2, 0.25) is 0 Å². The first kappa shape index (κ1) is 17.1. The Morgan fingerprint density at radius 1 is 1.29 bits per heavy atom. The van der Waals surface area contributed by atoms with E-state index in [0.717, 1.165) is 5.56 Å². The van der Waals surface area contributed by atoms with E-state index in [1.54, 1.807) is 12.1 Å². The van der Waals surface area contributed by atoms with Crippen molar-refractivity contribution in [2.24, 2.45) is 5.16 Å². The molecule has 2 rings (SSSR count). The van der Waals surface area contributed by atoms with E-state index < -0.39 is 4.92 Å². The first-order valence-electron chi connectivity index (χ1n) is 7.30. The maximum absolute atomic E-state index is 11.8. The van der Waals surface area contributed by atoms with Crippen LogP contribution < -0.4 is 5.32 Å². The second kappa shape index (κ2) is 8.42. The lowest BCUT2D eigenvalue weighted by Crippen LogP contribution is -2.29. The van der Waals surface area contributed by atoms with Crippen LogP contribution in [0.15, 0.2) is 59.8 Å². The standard InChI is InChI=1S/C17H17N3O4/c1-13(15-7-3-2-4-8-15)19-17(21)12-24-18-11-14-6-5-9-16(10-14)20(22)23/h2-11,13H,12H2,1H3,(H,19,21)/b18-11-/t13-/m1/s1. The Morgan fingerprint density at radius 3 is 2.75 bits per heavy atom. The summed E-state index contributed by atoms with van der Waals surface area (Å²) in [6.07, 6.45) is 1.32. The lowest BCUT2D eigenvalue weighted by Gasteiger charge is -2.13. The van der Waals surface area contributed by atoms with E-state index >= 15 is 0 Å². The molecule has 0 heterocycles. The summed E-state index contributed by atoms with van der Waals surface area (Å²) in [6.45, 7) is 1.64. The molecule has 0 spiro atoms. The zero-order valence-electron chi connectivity index (χ0n) is 13.1. The van der Waals surface area contributed by atoms with Crippen LogP contribution >= 0.6 is 0 Å². The predicted octanol–water partition coefficient (Wildman–Crippen LogP) is 2.82.